The smallest absolute Gasteiger partial charge is 0.306 e. The van der Waals surface area contributed by atoms with Crippen LogP contribution in [0.5, 0.6) is 5.75 Å². The van der Waals surface area contributed by atoms with Crippen molar-refractivity contribution in [3.8, 4) is 5.75 Å². The molecule has 0 aliphatic heterocycles. The van der Waals surface area contributed by atoms with Crippen molar-refractivity contribution in [3.05, 3.63) is 73.8 Å². The summed E-state index contributed by atoms with van der Waals surface area (Å²) in [6.07, 6.45) is 1.36. The van der Waals surface area contributed by atoms with Gasteiger partial charge in [0.2, 0.25) is 0 Å². The fraction of sp³-hybridized carbons (Fsp3) is 0.316. The predicted octanol–water partition coefficient (Wildman–Crippen LogP) is 2.52. The lowest BCUT2D eigenvalue weighted by atomic mass is 10.1. The van der Waals surface area contributed by atoms with Crippen LogP contribution >= 0.6 is 0 Å². The first-order valence-electron chi connectivity index (χ1n) is 9.20. The maximum atomic E-state index is 13.1. The van der Waals surface area contributed by atoms with E-state index in [1.54, 1.807) is 12.1 Å². The van der Waals surface area contributed by atoms with E-state index in [4.69, 9.17) is 8.92 Å². The second-order valence-electron chi connectivity index (χ2n) is 6.76. The lowest BCUT2D eigenvalue weighted by Gasteiger charge is -2.23. The molecule has 0 aliphatic carbocycles. The minimum Gasteiger partial charge on any atom is -0.385 e. The van der Waals surface area contributed by atoms with Gasteiger partial charge in [0.15, 0.2) is 0 Å². The summed E-state index contributed by atoms with van der Waals surface area (Å²) in [4.78, 5) is 35.1. The van der Waals surface area contributed by atoms with Gasteiger partial charge in [0.1, 0.15) is 5.75 Å². The van der Waals surface area contributed by atoms with E-state index in [2.05, 4.69) is 0 Å². The molecule has 13 heteroatoms. The van der Waals surface area contributed by atoms with Crippen molar-refractivity contribution in [2.45, 2.75) is 13.0 Å². The van der Waals surface area contributed by atoms with Crippen molar-refractivity contribution in [2.75, 3.05) is 26.5 Å². The Hall–Kier alpha value is -3.58. The molecule has 2 aromatic rings. The van der Waals surface area contributed by atoms with Crippen LogP contribution in [0, 0.1) is 20.2 Å². The maximum absolute atomic E-state index is 13.1. The third-order valence-corrected chi connectivity index (χ3v) is 4.67. The Morgan fingerprint density at radius 2 is 1.59 bits per heavy atom. The quantitative estimate of drug-likeness (QED) is 0.209. The molecule has 0 unspecified atom stereocenters. The lowest BCUT2D eigenvalue weighted by molar-refractivity contribution is -0.394. The summed E-state index contributed by atoms with van der Waals surface area (Å²) >= 11 is 0. The third-order valence-electron chi connectivity index (χ3n) is 4.18. The van der Waals surface area contributed by atoms with Crippen LogP contribution in [0.3, 0.4) is 0 Å². The molecule has 32 heavy (non-hydrogen) atoms. The fourth-order valence-corrected chi connectivity index (χ4v) is 3.27. The largest absolute Gasteiger partial charge is 0.385 e. The van der Waals surface area contributed by atoms with Gasteiger partial charge in [0.25, 0.3) is 17.3 Å². The molecule has 0 aromatic heterocycles. The van der Waals surface area contributed by atoms with Gasteiger partial charge >= 0.3 is 10.1 Å². The minimum absolute atomic E-state index is 0.0677. The van der Waals surface area contributed by atoms with Crippen LogP contribution in [0.4, 0.5) is 11.4 Å². The van der Waals surface area contributed by atoms with Crippen LogP contribution in [0.2, 0.25) is 0 Å². The average molecular weight is 467 g/mol. The summed E-state index contributed by atoms with van der Waals surface area (Å²) in [5.41, 5.74) is -0.708. The molecule has 0 bridgehead atoms. The first-order valence-corrected chi connectivity index (χ1v) is 11.0. The van der Waals surface area contributed by atoms with Crippen molar-refractivity contribution >= 4 is 27.4 Å². The molecule has 0 fully saturated rings. The molecule has 2 rings (SSSR count). The van der Waals surface area contributed by atoms with E-state index in [-0.39, 0.29) is 24.4 Å². The van der Waals surface area contributed by atoms with Gasteiger partial charge in [0, 0.05) is 38.9 Å². The van der Waals surface area contributed by atoms with Crippen LogP contribution in [0.15, 0.2) is 42.5 Å². The van der Waals surface area contributed by atoms with Gasteiger partial charge in [-0.25, -0.2) is 0 Å². The molecule has 0 heterocycles. The summed E-state index contributed by atoms with van der Waals surface area (Å²) in [6, 6.07) is 8.73. The van der Waals surface area contributed by atoms with Gasteiger partial charge in [-0.3, -0.25) is 25.0 Å². The normalized spacial score (nSPS) is 11.1. The number of nitro groups is 2. The highest BCUT2D eigenvalue weighted by Crippen LogP contribution is 2.24. The average Bonchev–Trinajstić information content (AvgIpc) is 2.72. The Morgan fingerprint density at radius 1 is 1.03 bits per heavy atom. The van der Waals surface area contributed by atoms with E-state index in [0.29, 0.717) is 18.6 Å². The summed E-state index contributed by atoms with van der Waals surface area (Å²) in [5.74, 6) is -0.535. The van der Waals surface area contributed by atoms with Crippen LogP contribution in [-0.4, -0.2) is 55.6 Å². The third kappa shape index (κ3) is 7.28. The number of nitrogens with zero attached hydrogens (tertiary/aromatic N) is 3. The summed E-state index contributed by atoms with van der Waals surface area (Å²) in [5, 5.41) is 22.3. The fourth-order valence-electron chi connectivity index (χ4n) is 2.81. The molecule has 0 radical (unpaired) electrons. The van der Waals surface area contributed by atoms with Gasteiger partial charge in [-0.2, -0.15) is 8.42 Å². The van der Waals surface area contributed by atoms with Gasteiger partial charge < -0.3 is 13.8 Å². The number of rotatable bonds is 11. The Bertz CT molecular complexity index is 1070. The highest BCUT2D eigenvalue weighted by atomic mass is 32.2. The Morgan fingerprint density at radius 3 is 2.06 bits per heavy atom. The Kier molecular flexibility index (Phi) is 8.21. The standard InChI is InChI=1S/C19H21N3O9S/c1-30-9-3-8-20(13-14-4-6-18(7-5-14)31-32(2,28)29)19(23)15-10-16(21(24)25)12-17(11-15)22(26)27/h4-7,10-12H,3,8-9,13H2,1-2H3. The molecule has 0 saturated carbocycles. The van der Waals surface area contributed by atoms with Crippen molar-refractivity contribution in [1.29, 1.82) is 0 Å². The topological polar surface area (TPSA) is 159 Å². The van der Waals surface area contributed by atoms with E-state index < -0.39 is 37.2 Å². The maximum Gasteiger partial charge on any atom is 0.306 e. The molecule has 12 nitrogen and oxygen atoms in total. The van der Waals surface area contributed by atoms with Gasteiger partial charge in [-0.15, -0.1) is 0 Å². The zero-order chi connectivity index (χ0) is 23.9. The van der Waals surface area contributed by atoms with E-state index in [1.807, 2.05) is 0 Å². The van der Waals surface area contributed by atoms with E-state index in [9.17, 15) is 33.4 Å². The first-order chi connectivity index (χ1) is 15.0. The van der Waals surface area contributed by atoms with E-state index in [0.717, 1.165) is 24.5 Å². The highest BCUT2D eigenvalue weighted by Gasteiger charge is 2.23. The number of non-ortho nitro benzene ring substituents is 2. The molecular weight excluding hydrogens is 446 g/mol. The number of amides is 1. The van der Waals surface area contributed by atoms with Crippen molar-refractivity contribution in [3.63, 3.8) is 0 Å². The van der Waals surface area contributed by atoms with Gasteiger partial charge in [-0.1, -0.05) is 12.1 Å². The van der Waals surface area contributed by atoms with Gasteiger partial charge in [-0.05, 0) is 24.1 Å². The zero-order valence-electron chi connectivity index (χ0n) is 17.3. The van der Waals surface area contributed by atoms with Crippen molar-refractivity contribution < 1.29 is 32.0 Å². The number of nitro benzene ring substituents is 2. The van der Waals surface area contributed by atoms with Crippen molar-refractivity contribution in [1.82, 2.24) is 4.90 Å². The lowest BCUT2D eigenvalue weighted by Crippen LogP contribution is -2.32. The number of hydrogen-bond acceptors (Lipinski definition) is 9. The summed E-state index contributed by atoms with van der Waals surface area (Å²) < 4.78 is 32.2. The molecule has 172 valence electrons. The SMILES string of the molecule is COCCCN(Cc1ccc(OS(C)(=O)=O)cc1)C(=O)c1cc([N+](=O)[O-])cc([N+](=O)[O-])c1. The van der Waals surface area contributed by atoms with E-state index >= 15 is 0 Å². The molecule has 0 atom stereocenters. The van der Waals surface area contributed by atoms with Crippen LogP contribution in [0.1, 0.15) is 22.3 Å². The number of methoxy groups -OCH3 is 1. The Labute approximate surface area is 183 Å². The monoisotopic (exact) mass is 467 g/mol. The molecule has 0 spiro atoms. The zero-order valence-corrected chi connectivity index (χ0v) is 18.1. The van der Waals surface area contributed by atoms with Gasteiger partial charge in [0.05, 0.1) is 27.7 Å². The Balaban J connectivity index is 2.33. The molecule has 0 aliphatic rings. The number of hydrogen-bond donors (Lipinski definition) is 0. The molecule has 0 N–H and O–H groups in total. The molecule has 2 aromatic carbocycles. The van der Waals surface area contributed by atoms with E-state index in [1.165, 1.54) is 24.1 Å². The number of ether oxygens (including phenoxy) is 1. The second-order valence-corrected chi connectivity index (χ2v) is 8.33. The predicted molar refractivity (Wildman–Crippen MR) is 113 cm³/mol. The molecule has 1 amide bonds. The highest BCUT2D eigenvalue weighted by molar-refractivity contribution is 7.86. The van der Waals surface area contributed by atoms with Crippen LogP contribution in [-0.2, 0) is 21.4 Å². The number of carbonyl (C=O) groups excluding carboxylic acids is 1. The first kappa shape index (κ1) is 24.7. The molecular formula is C19H21N3O9S. The van der Waals surface area contributed by atoms with Crippen LogP contribution in [0.25, 0.3) is 0 Å². The molecule has 0 saturated heterocycles. The minimum atomic E-state index is -3.69. The summed E-state index contributed by atoms with van der Waals surface area (Å²) in [7, 11) is -2.19. The van der Waals surface area contributed by atoms with Crippen LogP contribution < -0.4 is 4.18 Å². The number of carbonyl (C=O) groups is 1. The summed E-state index contributed by atoms with van der Waals surface area (Å²) in [6.45, 7) is 0.628. The number of benzene rings is 2. The second kappa shape index (κ2) is 10.6. The van der Waals surface area contributed by atoms with Crippen molar-refractivity contribution in [2.24, 2.45) is 0 Å².